The fourth-order valence-electron chi connectivity index (χ4n) is 2.83. The summed E-state index contributed by atoms with van der Waals surface area (Å²) in [7, 11) is -7.59. The standard InChI is InChI=1S/C17H17BrN2O5S2/c1-11-3-5-15(14(18)9-11)19-27(24,25)16-6-4-13(10-12(16)2)20-17(21)7-8-26(20,22)23/h3-6,9-10,19H,7-8H2,1-2H3. The van der Waals surface area contributed by atoms with Crippen LogP contribution in [0.25, 0.3) is 0 Å². The van der Waals surface area contributed by atoms with E-state index >= 15 is 0 Å². The van der Waals surface area contributed by atoms with E-state index in [1.54, 1.807) is 25.1 Å². The Morgan fingerprint density at radius 2 is 1.81 bits per heavy atom. The highest BCUT2D eigenvalue weighted by molar-refractivity contribution is 9.10. The van der Waals surface area contributed by atoms with E-state index in [0.717, 1.165) is 9.87 Å². The van der Waals surface area contributed by atoms with E-state index < -0.39 is 26.0 Å². The Bertz CT molecular complexity index is 1140. The molecule has 10 heteroatoms. The number of sulfonamides is 2. The molecule has 144 valence electrons. The summed E-state index contributed by atoms with van der Waals surface area (Å²) in [6.45, 7) is 3.44. The molecule has 1 N–H and O–H groups in total. The molecule has 1 heterocycles. The molecule has 2 aromatic carbocycles. The Balaban J connectivity index is 1.96. The van der Waals surface area contributed by atoms with Crippen molar-refractivity contribution in [3.63, 3.8) is 0 Å². The Morgan fingerprint density at radius 3 is 2.37 bits per heavy atom. The number of amides is 1. The van der Waals surface area contributed by atoms with Gasteiger partial charge in [0, 0.05) is 10.9 Å². The number of aryl methyl sites for hydroxylation is 2. The van der Waals surface area contributed by atoms with Crippen LogP contribution in [-0.4, -0.2) is 28.5 Å². The quantitative estimate of drug-likeness (QED) is 0.736. The van der Waals surface area contributed by atoms with Gasteiger partial charge in [0.15, 0.2) is 0 Å². The lowest BCUT2D eigenvalue weighted by Crippen LogP contribution is -2.29. The number of halogens is 1. The van der Waals surface area contributed by atoms with E-state index in [9.17, 15) is 21.6 Å². The number of benzene rings is 2. The monoisotopic (exact) mass is 472 g/mol. The smallest absolute Gasteiger partial charge is 0.262 e. The van der Waals surface area contributed by atoms with E-state index in [-0.39, 0.29) is 22.8 Å². The zero-order valence-electron chi connectivity index (χ0n) is 14.6. The second-order valence-electron chi connectivity index (χ2n) is 6.26. The second kappa shape index (κ2) is 6.92. The first-order valence-electron chi connectivity index (χ1n) is 7.97. The molecule has 1 saturated heterocycles. The Kier molecular flexibility index (Phi) is 5.08. The number of nitrogens with zero attached hydrogens (tertiary/aromatic N) is 1. The highest BCUT2D eigenvalue weighted by Crippen LogP contribution is 2.30. The minimum atomic E-state index is -3.89. The molecule has 1 fully saturated rings. The van der Waals surface area contributed by atoms with E-state index in [2.05, 4.69) is 20.7 Å². The third-order valence-electron chi connectivity index (χ3n) is 4.13. The molecule has 1 amide bonds. The summed E-state index contributed by atoms with van der Waals surface area (Å²) in [6, 6.07) is 9.23. The maximum atomic E-state index is 12.8. The summed E-state index contributed by atoms with van der Waals surface area (Å²) < 4.78 is 53.4. The average Bonchev–Trinajstić information content (AvgIpc) is 2.83. The van der Waals surface area contributed by atoms with E-state index in [4.69, 9.17) is 0 Å². The minimum absolute atomic E-state index is 0.00256. The largest absolute Gasteiger partial charge is 0.278 e. The molecule has 0 aliphatic carbocycles. The van der Waals surface area contributed by atoms with Gasteiger partial charge in [-0.3, -0.25) is 9.52 Å². The Hall–Kier alpha value is -1.91. The molecule has 0 saturated carbocycles. The topological polar surface area (TPSA) is 101 Å². The zero-order chi connectivity index (χ0) is 20.0. The molecule has 0 atom stereocenters. The molecule has 7 nitrogen and oxygen atoms in total. The molecular formula is C17H17BrN2O5S2. The van der Waals surface area contributed by atoms with Crippen LogP contribution in [0.2, 0.25) is 0 Å². The molecule has 27 heavy (non-hydrogen) atoms. The lowest BCUT2D eigenvalue weighted by atomic mass is 10.2. The summed E-state index contributed by atoms with van der Waals surface area (Å²) in [5.41, 5.74) is 1.84. The normalized spacial score (nSPS) is 16.6. The van der Waals surface area contributed by atoms with Gasteiger partial charge in [-0.1, -0.05) is 6.07 Å². The fraction of sp³-hybridized carbons (Fsp3) is 0.235. The zero-order valence-corrected chi connectivity index (χ0v) is 17.8. The molecule has 1 aliphatic rings. The van der Waals surface area contributed by atoms with E-state index in [1.165, 1.54) is 18.2 Å². The number of carbonyl (C=O) groups excluding carboxylic acids is 1. The molecule has 0 bridgehead atoms. The van der Waals surface area contributed by atoms with Crippen LogP contribution in [0.4, 0.5) is 11.4 Å². The van der Waals surface area contributed by atoms with Crippen molar-refractivity contribution in [2.24, 2.45) is 0 Å². The number of anilines is 2. The van der Waals surface area contributed by atoms with Crippen molar-refractivity contribution in [1.82, 2.24) is 0 Å². The van der Waals surface area contributed by atoms with Gasteiger partial charge in [0.2, 0.25) is 15.9 Å². The molecule has 3 rings (SSSR count). The molecule has 0 radical (unpaired) electrons. The molecule has 0 aromatic heterocycles. The number of hydrogen-bond donors (Lipinski definition) is 1. The van der Waals surface area contributed by atoms with Crippen LogP contribution in [-0.2, 0) is 24.8 Å². The van der Waals surface area contributed by atoms with Crippen molar-refractivity contribution >= 4 is 53.3 Å². The first-order valence-corrected chi connectivity index (χ1v) is 11.9. The summed E-state index contributed by atoms with van der Waals surface area (Å²) >= 11 is 3.33. The van der Waals surface area contributed by atoms with Gasteiger partial charge in [-0.2, -0.15) is 0 Å². The number of nitrogens with one attached hydrogen (secondary N) is 1. The number of rotatable bonds is 4. The van der Waals surface area contributed by atoms with Crippen LogP contribution in [0.3, 0.4) is 0 Å². The Labute approximate surface area is 166 Å². The summed E-state index contributed by atoms with van der Waals surface area (Å²) in [5, 5.41) is 0. The summed E-state index contributed by atoms with van der Waals surface area (Å²) in [5.74, 6) is -0.764. The lowest BCUT2D eigenvalue weighted by Gasteiger charge is -2.17. The van der Waals surface area contributed by atoms with E-state index in [1.807, 2.05) is 6.92 Å². The van der Waals surface area contributed by atoms with Crippen molar-refractivity contribution in [1.29, 1.82) is 0 Å². The number of carbonyl (C=O) groups is 1. The number of hydrogen-bond acceptors (Lipinski definition) is 5. The van der Waals surface area contributed by atoms with Gasteiger partial charge in [0.05, 0.1) is 22.0 Å². The highest BCUT2D eigenvalue weighted by atomic mass is 79.9. The van der Waals surface area contributed by atoms with Crippen LogP contribution in [0.5, 0.6) is 0 Å². The van der Waals surface area contributed by atoms with Gasteiger partial charge >= 0.3 is 0 Å². The SMILES string of the molecule is Cc1ccc(NS(=O)(=O)c2ccc(N3C(=O)CCS3(=O)=O)cc2C)c(Br)c1. The maximum Gasteiger partial charge on any atom is 0.262 e. The van der Waals surface area contributed by atoms with Crippen molar-refractivity contribution in [2.75, 3.05) is 14.8 Å². The first-order chi connectivity index (χ1) is 12.5. The summed E-state index contributed by atoms with van der Waals surface area (Å²) in [4.78, 5) is 11.9. The predicted octanol–water partition coefficient (Wildman–Crippen LogP) is 2.93. The summed E-state index contributed by atoms with van der Waals surface area (Å²) in [6.07, 6.45) is -0.0789. The molecule has 1 aliphatic heterocycles. The van der Waals surface area contributed by atoms with Gasteiger partial charge in [-0.25, -0.2) is 21.1 Å². The minimum Gasteiger partial charge on any atom is -0.278 e. The molecular weight excluding hydrogens is 456 g/mol. The second-order valence-corrected chi connectivity index (χ2v) is 10.7. The van der Waals surface area contributed by atoms with Gasteiger partial charge in [0.25, 0.3) is 10.0 Å². The van der Waals surface area contributed by atoms with Crippen LogP contribution >= 0.6 is 15.9 Å². The average molecular weight is 473 g/mol. The molecule has 2 aromatic rings. The van der Waals surface area contributed by atoms with Crippen LogP contribution in [0, 0.1) is 13.8 Å². The van der Waals surface area contributed by atoms with Crippen molar-refractivity contribution in [2.45, 2.75) is 25.2 Å². The highest BCUT2D eigenvalue weighted by Gasteiger charge is 2.36. The van der Waals surface area contributed by atoms with Crippen LogP contribution < -0.4 is 9.03 Å². The van der Waals surface area contributed by atoms with Gasteiger partial charge in [0.1, 0.15) is 0 Å². The third-order valence-corrected chi connectivity index (χ3v) is 8.00. The third kappa shape index (κ3) is 3.87. The van der Waals surface area contributed by atoms with Gasteiger partial charge < -0.3 is 0 Å². The Morgan fingerprint density at radius 1 is 1.11 bits per heavy atom. The predicted molar refractivity (Wildman–Crippen MR) is 107 cm³/mol. The first kappa shape index (κ1) is 19.8. The van der Waals surface area contributed by atoms with Crippen molar-refractivity contribution < 1.29 is 21.6 Å². The maximum absolute atomic E-state index is 12.8. The van der Waals surface area contributed by atoms with Crippen molar-refractivity contribution in [3.8, 4) is 0 Å². The van der Waals surface area contributed by atoms with Crippen molar-refractivity contribution in [3.05, 3.63) is 52.0 Å². The molecule has 0 spiro atoms. The fourth-order valence-corrected chi connectivity index (χ4v) is 6.32. The van der Waals surface area contributed by atoms with Gasteiger partial charge in [-0.15, -0.1) is 0 Å². The molecule has 0 unspecified atom stereocenters. The van der Waals surface area contributed by atoms with E-state index in [0.29, 0.717) is 15.7 Å². The van der Waals surface area contributed by atoms with Gasteiger partial charge in [-0.05, 0) is 71.2 Å². The lowest BCUT2D eigenvalue weighted by molar-refractivity contribution is -0.116. The van der Waals surface area contributed by atoms with Crippen LogP contribution in [0.15, 0.2) is 45.8 Å². The van der Waals surface area contributed by atoms with Crippen LogP contribution in [0.1, 0.15) is 17.5 Å².